The van der Waals surface area contributed by atoms with Gasteiger partial charge in [-0.3, -0.25) is 14.5 Å². The van der Waals surface area contributed by atoms with Gasteiger partial charge in [-0.2, -0.15) is 0 Å². The second kappa shape index (κ2) is 10.1. The van der Waals surface area contributed by atoms with E-state index >= 15 is 0 Å². The molecule has 1 aromatic rings. The Morgan fingerprint density at radius 1 is 1.04 bits per heavy atom. The predicted molar refractivity (Wildman–Crippen MR) is 109 cm³/mol. The highest BCUT2D eigenvalue weighted by molar-refractivity contribution is 5.94. The molecule has 3 rings (SSSR count). The molecule has 152 valence electrons. The number of likely N-dealkylation sites (tertiary alicyclic amines) is 1. The maximum absolute atomic E-state index is 12.7. The van der Waals surface area contributed by atoms with Crippen molar-refractivity contribution in [2.45, 2.75) is 18.5 Å². The largest absolute Gasteiger partial charge is 0.497 e. The Hall–Kier alpha value is -1.54. The molecule has 7 nitrogen and oxygen atoms in total. The van der Waals surface area contributed by atoms with Crippen LogP contribution in [0.1, 0.15) is 16.8 Å². The number of nitrogens with zero attached hydrogens (tertiary/aromatic N) is 3. The Bertz CT molecular complexity index is 636. The highest BCUT2D eigenvalue weighted by atomic mass is 35.5. The minimum absolute atomic E-state index is 0. The molecule has 0 saturated carbocycles. The number of hydrogen-bond acceptors (Lipinski definition) is 5. The Kier molecular flexibility index (Phi) is 8.81. The van der Waals surface area contributed by atoms with E-state index in [0.29, 0.717) is 38.2 Å². The molecule has 0 bridgehead atoms. The molecule has 2 aliphatic heterocycles. The van der Waals surface area contributed by atoms with Gasteiger partial charge in [-0.1, -0.05) is 0 Å². The molecule has 0 spiro atoms. The number of ether oxygens (including phenoxy) is 1. The smallest absolute Gasteiger partial charge is 0.253 e. The van der Waals surface area contributed by atoms with Crippen LogP contribution in [0.4, 0.5) is 0 Å². The molecule has 2 saturated heterocycles. The SMILES string of the molecule is COc1ccc(C(=O)N2CCN(C(=O)[C@@H]3C[C@H](N)CN3C)CC2)cc1.Cl.Cl. The third kappa shape index (κ3) is 5.25. The van der Waals surface area contributed by atoms with Gasteiger partial charge in [0.15, 0.2) is 0 Å². The number of methoxy groups -OCH3 is 1. The number of hydrogen-bond donors (Lipinski definition) is 1. The number of carbonyl (C=O) groups is 2. The fourth-order valence-corrected chi connectivity index (χ4v) is 3.58. The number of amides is 2. The zero-order valence-electron chi connectivity index (χ0n) is 15.7. The van der Waals surface area contributed by atoms with Crippen molar-refractivity contribution < 1.29 is 14.3 Å². The third-order valence-electron chi connectivity index (χ3n) is 5.08. The molecule has 0 aliphatic carbocycles. The standard InChI is InChI=1S/C18H26N4O3.2ClH/c1-20-12-14(19)11-16(20)18(24)22-9-7-21(8-10-22)17(23)13-3-5-15(25-2)6-4-13;;/h3-6,14,16H,7-12,19H2,1-2H3;2*1H/t14-,16-;;/m0../s1. The molecule has 2 N–H and O–H groups in total. The molecule has 9 heteroatoms. The Morgan fingerprint density at radius 2 is 1.59 bits per heavy atom. The predicted octanol–water partition coefficient (Wildman–Crippen LogP) is 0.855. The minimum atomic E-state index is -0.126. The normalized spacial score (nSPS) is 22.6. The lowest BCUT2D eigenvalue weighted by Crippen LogP contribution is -2.54. The van der Waals surface area contributed by atoms with E-state index in [0.717, 1.165) is 12.3 Å². The summed E-state index contributed by atoms with van der Waals surface area (Å²) in [7, 11) is 3.54. The van der Waals surface area contributed by atoms with E-state index < -0.39 is 0 Å². The van der Waals surface area contributed by atoms with E-state index in [1.165, 1.54) is 0 Å². The average Bonchev–Trinajstić information content (AvgIpc) is 2.99. The number of piperazine rings is 1. The monoisotopic (exact) mass is 418 g/mol. The first kappa shape index (κ1) is 23.5. The van der Waals surface area contributed by atoms with Gasteiger partial charge >= 0.3 is 0 Å². The summed E-state index contributed by atoms with van der Waals surface area (Å²) >= 11 is 0. The highest BCUT2D eigenvalue weighted by Gasteiger charge is 2.36. The number of rotatable bonds is 3. The molecule has 0 unspecified atom stereocenters. The summed E-state index contributed by atoms with van der Waals surface area (Å²) in [5.74, 6) is 0.854. The summed E-state index contributed by atoms with van der Waals surface area (Å²) in [5, 5.41) is 0. The molecule has 0 radical (unpaired) electrons. The van der Waals surface area contributed by atoms with Crippen LogP contribution >= 0.6 is 24.8 Å². The van der Waals surface area contributed by atoms with Crippen LogP contribution in [0.2, 0.25) is 0 Å². The van der Waals surface area contributed by atoms with Crippen LogP contribution in [0.5, 0.6) is 5.75 Å². The lowest BCUT2D eigenvalue weighted by atomic mass is 10.1. The zero-order chi connectivity index (χ0) is 18.0. The molecule has 27 heavy (non-hydrogen) atoms. The van der Waals surface area contributed by atoms with Crippen LogP contribution in [0.3, 0.4) is 0 Å². The van der Waals surface area contributed by atoms with Crippen LogP contribution in [0.15, 0.2) is 24.3 Å². The van der Waals surface area contributed by atoms with Crippen molar-refractivity contribution in [3.8, 4) is 5.75 Å². The van der Waals surface area contributed by atoms with Crippen LogP contribution in [-0.4, -0.2) is 85.5 Å². The summed E-state index contributed by atoms with van der Waals surface area (Å²) in [4.78, 5) is 31.0. The van der Waals surface area contributed by atoms with E-state index in [1.54, 1.807) is 36.3 Å². The first-order valence-electron chi connectivity index (χ1n) is 8.67. The number of nitrogens with two attached hydrogens (primary N) is 1. The molecule has 2 aliphatic rings. The van der Waals surface area contributed by atoms with Crippen molar-refractivity contribution in [3.05, 3.63) is 29.8 Å². The first-order valence-corrected chi connectivity index (χ1v) is 8.67. The number of carbonyl (C=O) groups excluding carboxylic acids is 2. The lowest BCUT2D eigenvalue weighted by Gasteiger charge is -2.36. The Balaban J connectivity index is 0.00000182. The minimum Gasteiger partial charge on any atom is -0.497 e. The van der Waals surface area contributed by atoms with Gasteiger partial charge in [0.2, 0.25) is 5.91 Å². The number of halogens is 2. The average molecular weight is 419 g/mol. The second-order valence-electron chi connectivity index (χ2n) is 6.80. The molecule has 1 aromatic carbocycles. The van der Waals surface area contributed by atoms with Gasteiger partial charge in [0.1, 0.15) is 5.75 Å². The number of benzene rings is 1. The van der Waals surface area contributed by atoms with Crippen molar-refractivity contribution in [3.63, 3.8) is 0 Å². The van der Waals surface area contributed by atoms with Gasteiger partial charge < -0.3 is 20.3 Å². The van der Waals surface area contributed by atoms with E-state index in [2.05, 4.69) is 0 Å². The fourth-order valence-electron chi connectivity index (χ4n) is 3.58. The maximum Gasteiger partial charge on any atom is 0.253 e. The molecule has 2 heterocycles. The van der Waals surface area contributed by atoms with E-state index in [9.17, 15) is 9.59 Å². The quantitative estimate of drug-likeness (QED) is 0.786. The van der Waals surface area contributed by atoms with Gasteiger partial charge in [-0.05, 0) is 37.7 Å². The zero-order valence-corrected chi connectivity index (χ0v) is 17.3. The number of likely N-dealkylation sites (N-methyl/N-ethyl adjacent to an activating group) is 1. The van der Waals surface area contributed by atoms with Gasteiger partial charge in [0.05, 0.1) is 13.2 Å². The van der Waals surface area contributed by atoms with Crippen molar-refractivity contribution in [1.29, 1.82) is 0 Å². The van der Waals surface area contributed by atoms with Crippen LogP contribution < -0.4 is 10.5 Å². The van der Waals surface area contributed by atoms with E-state index in [-0.39, 0.29) is 48.7 Å². The van der Waals surface area contributed by atoms with Crippen LogP contribution in [0, 0.1) is 0 Å². The Morgan fingerprint density at radius 3 is 2.07 bits per heavy atom. The molecule has 2 amide bonds. The van der Waals surface area contributed by atoms with E-state index in [1.807, 2.05) is 16.8 Å². The van der Waals surface area contributed by atoms with Crippen molar-refractivity contribution in [2.75, 3.05) is 46.9 Å². The lowest BCUT2D eigenvalue weighted by molar-refractivity contribution is -0.137. The van der Waals surface area contributed by atoms with Crippen LogP contribution in [0.25, 0.3) is 0 Å². The van der Waals surface area contributed by atoms with Crippen LogP contribution in [-0.2, 0) is 4.79 Å². The molecular weight excluding hydrogens is 391 g/mol. The van der Waals surface area contributed by atoms with E-state index in [4.69, 9.17) is 10.5 Å². The second-order valence-corrected chi connectivity index (χ2v) is 6.80. The topological polar surface area (TPSA) is 79.1 Å². The van der Waals surface area contributed by atoms with Crippen molar-refractivity contribution >= 4 is 36.6 Å². The fraction of sp³-hybridized carbons (Fsp3) is 0.556. The van der Waals surface area contributed by atoms with Crippen molar-refractivity contribution in [1.82, 2.24) is 14.7 Å². The first-order chi connectivity index (χ1) is 12.0. The van der Waals surface area contributed by atoms with Gasteiger partial charge in [0.25, 0.3) is 5.91 Å². The van der Waals surface area contributed by atoms with Gasteiger partial charge in [0, 0.05) is 44.3 Å². The molecule has 0 aromatic heterocycles. The summed E-state index contributed by atoms with van der Waals surface area (Å²) in [5.41, 5.74) is 6.60. The molecule has 2 atom stereocenters. The summed E-state index contributed by atoms with van der Waals surface area (Å²) in [6, 6.07) is 7.05. The maximum atomic E-state index is 12.7. The molecular formula is C18H28Cl2N4O3. The summed E-state index contributed by atoms with van der Waals surface area (Å²) in [6.07, 6.45) is 0.709. The third-order valence-corrected chi connectivity index (χ3v) is 5.08. The highest BCUT2D eigenvalue weighted by Crippen LogP contribution is 2.19. The summed E-state index contributed by atoms with van der Waals surface area (Å²) < 4.78 is 5.12. The van der Waals surface area contributed by atoms with Gasteiger partial charge in [-0.15, -0.1) is 24.8 Å². The molecule has 2 fully saturated rings. The van der Waals surface area contributed by atoms with Gasteiger partial charge in [-0.25, -0.2) is 0 Å². The van der Waals surface area contributed by atoms with Crippen molar-refractivity contribution in [2.24, 2.45) is 5.73 Å². The summed E-state index contributed by atoms with van der Waals surface area (Å²) in [6.45, 7) is 3.01. The Labute approximate surface area is 172 Å².